The second kappa shape index (κ2) is 11.9. The number of benzene rings is 3. The van der Waals surface area contributed by atoms with Crippen molar-refractivity contribution in [2.24, 2.45) is 5.92 Å². The zero-order chi connectivity index (χ0) is 25.6. The van der Waals surface area contributed by atoms with Gasteiger partial charge in [-0.2, -0.15) is 0 Å². The van der Waals surface area contributed by atoms with Gasteiger partial charge in [-0.1, -0.05) is 54.1 Å². The Labute approximate surface area is 224 Å². The van der Waals surface area contributed by atoms with Gasteiger partial charge in [0, 0.05) is 17.1 Å². The number of carbonyl (C=O) groups excluding carboxylic acids is 1. The largest absolute Gasteiger partial charge is 0.486 e. The number of likely N-dealkylation sites (tertiary alicyclic amines) is 1. The highest BCUT2D eigenvalue weighted by Gasteiger charge is 2.21. The number of ketones is 1. The molecule has 0 saturated carbocycles. The van der Waals surface area contributed by atoms with E-state index < -0.39 is 0 Å². The molecule has 0 aliphatic carbocycles. The van der Waals surface area contributed by atoms with Crippen LogP contribution >= 0.6 is 11.6 Å². The second-order valence-corrected chi connectivity index (χ2v) is 10.5. The van der Waals surface area contributed by atoms with Crippen LogP contribution in [-0.4, -0.2) is 39.9 Å². The summed E-state index contributed by atoms with van der Waals surface area (Å²) in [6, 6.07) is 23.5. The molecule has 6 heteroatoms. The summed E-state index contributed by atoms with van der Waals surface area (Å²) in [6.45, 7) is 5.97. The Kier molecular flexibility index (Phi) is 8.22. The van der Waals surface area contributed by atoms with Gasteiger partial charge in [0.2, 0.25) is 0 Å². The zero-order valence-electron chi connectivity index (χ0n) is 21.4. The Morgan fingerprint density at radius 2 is 1.76 bits per heavy atom. The van der Waals surface area contributed by atoms with E-state index in [2.05, 4.69) is 34.6 Å². The molecule has 37 heavy (non-hydrogen) atoms. The molecule has 5 rings (SSSR count). The third kappa shape index (κ3) is 6.41. The SMILES string of the molecule is Cc1cccc2c1nc(COc1ccc(Cl)cc1)n2CCCC1CCN(CC(=O)c2ccccc2)CC1. The maximum atomic E-state index is 12.6. The fourth-order valence-electron chi connectivity index (χ4n) is 5.26. The van der Waals surface area contributed by atoms with Crippen LogP contribution in [0.4, 0.5) is 0 Å². The molecule has 0 unspecified atom stereocenters. The second-order valence-electron chi connectivity index (χ2n) is 10.0. The number of halogens is 1. The van der Waals surface area contributed by atoms with Gasteiger partial charge in [-0.15, -0.1) is 0 Å². The minimum Gasteiger partial charge on any atom is -0.486 e. The number of fused-ring (bicyclic) bond motifs is 1. The third-order valence-corrected chi connectivity index (χ3v) is 7.66. The van der Waals surface area contributed by atoms with E-state index in [9.17, 15) is 4.79 Å². The molecule has 0 atom stereocenters. The lowest BCUT2D eigenvalue weighted by Gasteiger charge is -2.31. The first kappa shape index (κ1) is 25.5. The van der Waals surface area contributed by atoms with Gasteiger partial charge < -0.3 is 9.30 Å². The molecule has 0 spiro atoms. The summed E-state index contributed by atoms with van der Waals surface area (Å²) in [4.78, 5) is 19.8. The number of nitrogens with zero attached hydrogens (tertiary/aromatic N) is 3. The Hall–Kier alpha value is -3.15. The topological polar surface area (TPSA) is 47.4 Å². The van der Waals surface area contributed by atoms with Crippen molar-refractivity contribution < 1.29 is 9.53 Å². The van der Waals surface area contributed by atoms with E-state index in [1.54, 1.807) is 0 Å². The fourth-order valence-corrected chi connectivity index (χ4v) is 5.39. The van der Waals surface area contributed by atoms with Crippen molar-refractivity contribution in [2.45, 2.75) is 45.8 Å². The molecule has 3 aromatic carbocycles. The van der Waals surface area contributed by atoms with Crippen LogP contribution in [0, 0.1) is 12.8 Å². The summed E-state index contributed by atoms with van der Waals surface area (Å²) in [7, 11) is 0. The van der Waals surface area contributed by atoms with E-state index in [-0.39, 0.29) is 5.78 Å². The number of hydrogen-bond donors (Lipinski definition) is 0. The average molecular weight is 516 g/mol. The number of aryl methyl sites for hydroxylation is 2. The van der Waals surface area contributed by atoms with E-state index in [1.807, 2.05) is 54.6 Å². The van der Waals surface area contributed by atoms with Crippen molar-refractivity contribution in [2.75, 3.05) is 19.6 Å². The number of hydrogen-bond acceptors (Lipinski definition) is 4. The highest BCUT2D eigenvalue weighted by molar-refractivity contribution is 6.30. The lowest BCUT2D eigenvalue weighted by atomic mass is 9.92. The normalized spacial score (nSPS) is 14.8. The zero-order valence-corrected chi connectivity index (χ0v) is 22.2. The number of rotatable bonds is 10. The van der Waals surface area contributed by atoms with Crippen molar-refractivity contribution in [3.63, 3.8) is 0 Å². The number of piperidine rings is 1. The summed E-state index contributed by atoms with van der Waals surface area (Å²) < 4.78 is 8.38. The van der Waals surface area contributed by atoms with Gasteiger partial charge in [-0.3, -0.25) is 9.69 Å². The minimum atomic E-state index is 0.217. The number of carbonyl (C=O) groups is 1. The Morgan fingerprint density at radius 3 is 2.51 bits per heavy atom. The molecule has 1 aliphatic heterocycles. The van der Waals surface area contributed by atoms with Crippen molar-refractivity contribution >= 4 is 28.4 Å². The van der Waals surface area contributed by atoms with Crippen molar-refractivity contribution in [1.29, 1.82) is 0 Å². The van der Waals surface area contributed by atoms with E-state index in [0.29, 0.717) is 24.1 Å². The molecule has 1 saturated heterocycles. The van der Waals surface area contributed by atoms with Gasteiger partial charge in [0.05, 0.1) is 17.6 Å². The quantitative estimate of drug-likeness (QED) is 0.214. The first-order valence-corrected chi connectivity index (χ1v) is 13.6. The Balaban J connectivity index is 1.16. The van der Waals surface area contributed by atoms with Crippen LogP contribution in [0.3, 0.4) is 0 Å². The van der Waals surface area contributed by atoms with Gasteiger partial charge in [-0.05, 0) is 87.5 Å². The lowest BCUT2D eigenvalue weighted by molar-refractivity contribution is 0.0892. The highest BCUT2D eigenvalue weighted by Crippen LogP contribution is 2.26. The summed E-state index contributed by atoms with van der Waals surface area (Å²) in [5.41, 5.74) is 4.21. The van der Waals surface area contributed by atoms with Gasteiger partial charge in [0.1, 0.15) is 18.2 Å². The van der Waals surface area contributed by atoms with Crippen LogP contribution in [0.15, 0.2) is 72.8 Å². The minimum absolute atomic E-state index is 0.217. The molecule has 1 aliphatic rings. The van der Waals surface area contributed by atoms with Crippen molar-refractivity contribution in [1.82, 2.24) is 14.5 Å². The lowest BCUT2D eigenvalue weighted by Crippen LogP contribution is -2.37. The molecule has 0 bridgehead atoms. The number of ether oxygens (including phenoxy) is 1. The average Bonchev–Trinajstić information content (AvgIpc) is 3.28. The first-order valence-electron chi connectivity index (χ1n) is 13.2. The third-order valence-electron chi connectivity index (χ3n) is 7.41. The summed E-state index contributed by atoms with van der Waals surface area (Å²) >= 11 is 6.01. The van der Waals surface area contributed by atoms with E-state index >= 15 is 0 Å². The first-order chi connectivity index (χ1) is 18.1. The summed E-state index contributed by atoms with van der Waals surface area (Å²) in [5.74, 6) is 2.66. The van der Waals surface area contributed by atoms with Gasteiger partial charge in [0.25, 0.3) is 0 Å². The van der Waals surface area contributed by atoms with Gasteiger partial charge in [-0.25, -0.2) is 4.98 Å². The molecular weight excluding hydrogens is 482 g/mol. The van der Waals surface area contributed by atoms with Crippen molar-refractivity contribution in [3.05, 3.63) is 94.8 Å². The Morgan fingerprint density at radius 1 is 1.00 bits per heavy atom. The number of para-hydroxylation sites is 1. The van der Waals surface area contributed by atoms with E-state index in [0.717, 1.165) is 61.6 Å². The number of imidazole rings is 1. The maximum Gasteiger partial charge on any atom is 0.176 e. The Bertz CT molecular complexity index is 1330. The monoisotopic (exact) mass is 515 g/mol. The molecule has 5 nitrogen and oxygen atoms in total. The molecule has 192 valence electrons. The molecule has 0 amide bonds. The smallest absolute Gasteiger partial charge is 0.176 e. The molecule has 0 N–H and O–H groups in total. The van der Waals surface area contributed by atoms with Crippen LogP contribution in [0.5, 0.6) is 5.75 Å². The summed E-state index contributed by atoms with van der Waals surface area (Å²) in [5, 5.41) is 0.698. The van der Waals surface area contributed by atoms with Crippen LogP contribution in [-0.2, 0) is 13.2 Å². The van der Waals surface area contributed by atoms with Crippen molar-refractivity contribution in [3.8, 4) is 5.75 Å². The van der Waals surface area contributed by atoms with E-state index in [1.165, 1.54) is 17.5 Å². The predicted molar refractivity (Wildman–Crippen MR) is 149 cm³/mol. The fraction of sp³-hybridized carbons (Fsp3) is 0.355. The molecule has 1 fully saturated rings. The van der Waals surface area contributed by atoms with Crippen LogP contribution in [0.2, 0.25) is 5.02 Å². The number of Topliss-reactive ketones (excluding diaryl/α,β-unsaturated/α-hetero) is 1. The molecular formula is C31H34ClN3O2. The predicted octanol–water partition coefficient (Wildman–Crippen LogP) is 6.95. The molecule has 2 heterocycles. The standard InChI is InChI=1S/C31H34ClN3O2/c1-23-7-5-11-28-31(23)33-30(22-37-27-14-12-26(32)13-15-27)35(28)18-6-8-24-16-19-34(20-17-24)21-29(36)25-9-3-2-4-10-25/h2-5,7,9-15,24H,6,8,16-22H2,1H3. The van der Waals surface area contributed by atoms with Crippen LogP contribution < -0.4 is 4.74 Å². The van der Waals surface area contributed by atoms with Crippen LogP contribution in [0.1, 0.15) is 47.4 Å². The summed E-state index contributed by atoms with van der Waals surface area (Å²) in [6.07, 6.45) is 4.58. The molecule has 0 radical (unpaired) electrons. The molecule has 1 aromatic heterocycles. The van der Waals surface area contributed by atoms with Crippen LogP contribution in [0.25, 0.3) is 11.0 Å². The highest BCUT2D eigenvalue weighted by atomic mass is 35.5. The van der Waals surface area contributed by atoms with Gasteiger partial charge in [0.15, 0.2) is 5.78 Å². The number of aromatic nitrogens is 2. The van der Waals surface area contributed by atoms with Gasteiger partial charge >= 0.3 is 0 Å². The maximum absolute atomic E-state index is 12.6. The van der Waals surface area contributed by atoms with E-state index in [4.69, 9.17) is 21.3 Å². The molecule has 4 aromatic rings.